The molecular formula is C20H34O6. The highest BCUT2D eigenvalue weighted by molar-refractivity contribution is 5.86. The second-order valence-corrected chi connectivity index (χ2v) is 5.27. The molecule has 0 aliphatic rings. The standard InChI is InChI=1S/C17H30O4.C3H4O2/c1-4-7-8-9-10-11-12-13-16(17(18)20-6-3)21-15-14-19-5-2;1-2-3(4)5/h5,13H,2,4,6-12,14-15H2,1,3H3;2H,1H2,(H,4,5). The number of aliphatic carboxylic acids is 1. The van der Waals surface area contributed by atoms with Crippen LogP contribution in [0.25, 0.3) is 0 Å². The van der Waals surface area contributed by atoms with Crippen molar-refractivity contribution in [1.82, 2.24) is 0 Å². The Morgan fingerprint density at radius 1 is 0.962 bits per heavy atom. The van der Waals surface area contributed by atoms with Crippen molar-refractivity contribution in [2.75, 3.05) is 19.8 Å². The van der Waals surface area contributed by atoms with Gasteiger partial charge in [-0.2, -0.15) is 0 Å². The van der Waals surface area contributed by atoms with Crippen molar-refractivity contribution in [1.29, 1.82) is 0 Å². The van der Waals surface area contributed by atoms with Crippen LogP contribution < -0.4 is 0 Å². The van der Waals surface area contributed by atoms with E-state index in [9.17, 15) is 9.59 Å². The third-order valence-electron chi connectivity index (χ3n) is 3.12. The maximum atomic E-state index is 11.7. The van der Waals surface area contributed by atoms with Crippen LogP contribution in [-0.2, 0) is 23.8 Å². The summed E-state index contributed by atoms with van der Waals surface area (Å²) in [5.74, 6) is -1.09. The van der Waals surface area contributed by atoms with Crippen LogP contribution in [0.3, 0.4) is 0 Å². The average Bonchev–Trinajstić information content (AvgIpc) is 2.63. The Hall–Kier alpha value is -2.24. The Morgan fingerprint density at radius 2 is 1.58 bits per heavy atom. The van der Waals surface area contributed by atoms with Gasteiger partial charge in [0.25, 0.3) is 0 Å². The van der Waals surface area contributed by atoms with Crippen molar-refractivity contribution in [2.24, 2.45) is 0 Å². The van der Waals surface area contributed by atoms with Gasteiger partial charge in [0, 0.05) is 6.08 Å². The molecule has 150 valence electrons. The molecule has 0 atom stereocenters. The van der Waals surface area contributed by atoms with Gasteiger partial charge < -0.3 is 19.3 Å². The summed E-state index contributed by atoms with van der Waals surface area (Å²) in [5.41, 5.74) is 0. The van der Waals surface area contributed by atoms with Gasteiger partial charge in [-0.25, -0.2) is 9.59 Å². The number of unbranched alkanes of at least 4 members (excludes halogenated alkanes) is 6. The molecule has 0 saturated heterocycles. The Kier molecular flexibility index (Phi) is 20.8. The smallest absolute Gasteiger partial charge is 0.373 e. The molecule has 0 heterocycles. The van der Waals surface area contributed by atoms with Crippen LogP contribution in [0, 0.1) is 0 Å². The van der Waals surface area contributed by atoms with E-state index in [0.29, 0.717) is 19.8 Å². The minimum Gasteiger partial charge on any atom is -0.498 e. The first kappa shape index (κ1) is 26.0. The number of carbonyl (C=O) groups excluding carboxylic acids is 1. The monoisotopic (exact) mass is 370 g/mol. The molecule has 6 nitrogen and oxygen atoms in total. The second-order valence-electron chi connectivity index (χ2n) is 5.27. The van der Waals surface area contributed by atoms with E-state index in [-0.39, 0.29) is 5.76 Å². The van der Waals surface area contributed by atoms with Gasteiger partial charge in [0.05, 0.1) is 12.9 Å². The predicted molar refractivity (Wildman–Crippen MR) is 103 cm³/mol. The van der Waals surface area contributed by atoms with E-state index >= 15 is 0 Å². The van der Waals surface area contributed by atoms with Crippen molar-refractivity contribution >= 4 is 11.9 Å². The minimum absolute atomic E-state index is 0.290. The normalized spacial score (nSPS) is 10.2. The maximum Gasteiger partial charge on any atom is 0.373 e. The molecule has 0 unspecified atom stereocenters. The number of esters is 1. The van der Waals surface area contributed by atoms with Crippen LogP contribution >= 0.6 is 0 Å². The molecule has 0 rings (SSSR count). The molecule has 0 aliphatic heterocycles. The van der Waals surface area contributed by atoms with Crippen molar-refractivity contribution in [3.05, 3.63) is 37.3 Å². The van der Waals surface area contributed by atoms with Gasteiger partial charge in [0.1, 0.15) is 13.2 Å². The summed E-state index contributed by atoms with van der Waals surface area (Å²) in [4.78, 5) is 21.0. The van der Waals surface area contributed by atoms with Gasteiger partial charge in [0.15, 0.2) is 0 Å². The topological polar surface area (TPSA) is 82.1 Å². The number of hydrogen-bond donors (Lipinski definition) is 1. The summed E-state index contributed by atoms with van der Waals surface area (Å²) in [6.07, 6.45) is 12.2. The SMILES string of the molecule is C=CC(=O)O.C=COCCOC(=CCCCCCCCC)C(=O)OCC. The zero-order chi connectivity index (χ0) is 20.0. The number of carbonyl (C=O) groups is 2. The highest BCUT2D eigenvalue weighted by Gasteiger charge is 2.11. The lowest BCUT2D eigenvalue weighted by atomic mass is 10.1. The van der Waals surface area contributed by atoms with Crippen molar-refractivity contribution in [2.45, 2.75) is 58.8 Å². The molecule has 0 radical (unpaired) electrons. The summed E-state index contributed by atoms with van der Waals surface area (Å²) in [6.45, 7) is 11.4. The fraction of sp³-hybridized carbons (Fsp3) is 0.600. The third kappa shape index (κ3) is 19.8. The summed E-state index contributed by atoms with van der Waals surface area (Å²) in [6, 6.07) is 0. The van der Waals surface area contributed by atoms with E-state index in [0.717, 1.165) is 18.9 Å². The molecule has 0 spiro atoms. The lowest BCUT2D eigenvalue weighted by molar-refractivity contribution is -0.142. The number of rotatable bonds is 15. The van der Waals surface area contributed by atoms with Crippen LogP contribution in [-0.4, -0.2) is 36.9 Å². The summed E-state index contributed by atoms with van der Waals surface area (Å²) in [7, 11) is 0. The van der Waals surface area contributed by atoms with E-state index in [4.69, 9.17) is 19.3 Å². The Balaban J connectivity index is 0. The largest absolute Gasteiger partial charge is 0.498 e. The van der Waals surface area contributed by atoms with Crippen LogP contribution in [0.15, 0.2) is 37.3 Å². The molecule has 0 aromatic carbocycles. The molecule has 0 fully saturated rings. The van der Waals surface area contributed by atoms with Crippen LogP contribution in [0.2, 0.25) is 0 Å². The summed E-state index contributed by atoms with van der Waals surface area (Å²) in [5, 5.41) is 7.60. The molecule has 1 N–H and O–H groups in total. The first-order valence-electron chi connectivity index (χ1n) is 9.11. The van der Waals surface area contributed by atoms with Gasteiger partial charge in [-0.05, 0) is 25.8 Å². The van der Waals surface area contributed by atoms with Crippen LogP contribution in [0.4, 0.5) is 0 Å². The van der Waals surface area contributed by atoms with E-state index in [1.54, 1.807) is 6.92 Å². The van der Waals surface area contributed by atoms with Gasteiger partial charge in [-0.1, -0.05) is 52.2 Å². The van der Waals surface area contributed by atoms with Gasteiger partial charge in [-0.15, -0.1) is 0 Å². The molecule has 6 heteroatoms. The van der Waals surface area contributed by atoms with Gasteiger partial charge >= 0.3 is 11.9 Å². The van der Waals surface area contributed by atoms with Crippen molar-refractivity contribution < 1.29 is 28.9 Å². The number of ether oxygens (including phenoxy) is 3. The van der Waals surface area contributed by atoms with Crippen LogP contribution in [0.1, 0.15) is 58.8 Å². The summed E-state index contributed by atoms with van der Waals surface area (Å²) >= 11 is 0. The Labute approximate surface area is 157 Å². The molecule has 0 bridgehead atoms. The Bertz CT molecular complexity index is 415. The minimum atomic E-state index is -0.981. The van der Waals surface area contributed by atoms with Gasteiger partial charge in [0.2, 0.25) is 5.76 Å². The highest BCUT2D eigenvalue weighted by Crippen LogP contribution is 2.10. The molecule has 0 saturated carbocycles. The fourth-order valence-corrected chi connectivity index (χ4v) is 1.84. The van der Waals surface area contributed by atoms with Crippen molar-refractivity contribution in [3.8, 4) is 0 Å². The van der Waals surface area contributed by atoms with E-state index in [1.165, 1.54) is 38.4 Å². The number of carboxylic acid groups (broad SMARTS) is 1. The number of carboxylic acids is 1. The summed E-state index contributed by atoms with van der Waals surface area (Å²) < 4.78 is 15.4. The quantitative estimate of drug-likeness (QED) is 0.196. The number of hydrogen-bond acceptors (Lipinski definition) is 5. The van der Waals surface area contributed by atoms with E-state index < -0.39 is 11.9 Å². The lowest BCUT2D eigenvalue weighted by Gasteiger charge is -2.09. The molecular weight excluding hydrogens is 336 g/mol. The maximum absolute atomic E-state index is 11.7. The zero-order valence-electron chi connectivity index (χ0n) is 16.2. The molecule has 0 amide bonds. The van der Waals surface area contributed by atoms with Gasteiger partial charge in [-0.3, -0.25) is 0 Å². The molecule has 26 heavy (non-hydrogen) atoms. The molecule has 0 aromatic rings. The Morgan fingerprint density at radius 3 is 2.12 bits per heavy atom. The van der Waals surface area contributed by atoms with Crippen LogP contribution in [0.5, 0.6) is 0 Å². The van der Waals surface area contributed by atoms with E-state index in [2.05, 4.69) is 20.1 Å². The number of allylic oxidation sites excluding steroid dienone is 1. The fourth-order valence-electron chi connectivity index (χ4n) is 1.84. The third-order valence-corrected chi connectivity index (χ3v) is 3.12. The second kappa shape index (κ2) is 20.8. The first-order chi connectivity index (χ1) is 12.5. The predicted octanol–water partition coefficient (Wildman–Crippen LogP) is 4.62. The lowest BCUT2D eigenvalue weighted by Crippen LogP contribution is -2.13. The average molecular weight is 370 g/mol. The molecule has 0 aromatic heterocycles. The molecule has 0 aliphatic carbocycles. The highest BCUT2D eigenvalue weighted by atomic mass is 16.6. The van der Waals surface area contributed by atoms with E-state index in [1.807, 2.05) is 6.08 Å². The van der Waals surface area contributed by atoms with Crippen molar-refractivity contribution in [3.63, 3.8) is 0 Å². The first-order valence-corrected chi connectivity index (χ1v) is 9.11. The zero-order valence-corrected chi connectivity index (χ0v) is 16.2.